The van der Waals surface area contributed by atoms with E-state index in [4.69, 9.17) is 4.74 Å². The van der Waals surface area contributed by atoms with Gasteiger partial charge in [-0.2, -0.15) is 0 Å². The standard InChI is InChI=1S/C24H32N2O3/c1-15(2)19-12-9-13-20(16(3)4)21(19)26-22(27)17-10-8-11-18(14-17)25-23(28)29-24(5,6)7/h8-16H,1-7H3,(H,25,28)(H,26,27). The van der Waals surface area contributed by atoms with Crippen LogP contribution in [-0.4, -0.2) is 17.6 Å². The van der Waals surface area contributed by atoms with E-state index in [1.807, 2.05) is 18.2 Å². The second kappa shape index (κ2) is 9.12. The summed E-state index contributed by atoms with van der Waals surface area (Å²) in [5.74, 6) is 0.348. The summed E-state index contributed by atoms with van der Waals surface area (Å²) in [7, 11) is 0. The number of ether oxygens (including phenoxy) is 1. The van der Waals surface area contributed by atoms with E-state index in [2.05, 4.69) is 38.3 Å². The molecule has 0 aliphatic carbocycles. The molecule has 5 heteroatoms. The molecule has 0 fully saturated rings. The minimum Gasteiger partial charge on any atom is -0.444 e. The minimum absolute atomic E-state index is 0.215. The molecule has 0 aliphatic heterocycles. The largest absolute Gasteiger partial charge is 0.444 e. The van der Waals surface area contributed by atoms with Crippen LogP contribution in [0.1, 0.15) is 81.8 Å². The van der Waals surface area contributed by atoms with Gasteiger partial charge in [0.1, 0.15) is 5.60 Å². The molecule has 0 spiro atoms. The van der Waals surface area contributed by atoms with Gasteiger partial charge in [-0.1, -0.05) is 52.0 Å². The average Bonchev–Trinajstić information content (AvgIpc) is 2.59. The molecule has 2 rings (SSSR count). The van der Waals surface area contributed by atoms with Crippen molar-refractivity contribution in [1.29, 1.82) is 0 Å². The van der Waals surface area contributed by atoms with E-state index in [-0.39, 0.29) is 17.7 Å². The van der Waals surface area contributed by atoms with Crippen LogP contribution in [0.5, 0.6) is 0 Å². The fourth-order valence-electron chi connectivity index (χ4n) is 3.04. The number of carbonyl (C=O) groups is 2. The van der Waals surface area contributed by atoms with Gasteiger partial charge in [-0.25, -0.2) is 4.79 Å². The van der Waals surface area contributed by atoms with Crippen molar-refractivity contribution >= 4 is 23.4 Å². The highest BCUT2D eigenvalue weighted by molar-refractivity contribution is 6.06. The van der Waals surface area contributed by atoms with E-state index in [0.717, 1.165) is 16.8 Å². The summed E-state index contributed by atoms with van der Waals surface area (Å²) in [6.07, 6.45) is -0.553. The maximum atomic E-state index is 13.0. The monoisotopic (exact) mass is 396 g/mol. The van der Waals surface area contributed by atoms with Gasteiger partial charge in [-0.3, -0.25) is 10.1 Å². The minimum atomic E-state index is -0.590. The molecule has 0 unspecified atom stereocenters. The topological polar surface area (TPSA) is 67.4 Å². The summed E-state index contributed by atoms with van der Waals surface area (Å²) in [6.45, 7) is 13.8. The highest BCUT2D eigenvalue weighted by Crippen LogP contribution is 2.32. The van der Waals surface area contributed by atoms with Gasteiger partial charge in [-0.05, 0) is 61.9 Å². The quantitative estimate of drug-likeness (QED) is 0.603. The number of para-hydroxylation sites is 1. The van der Waals surface area contributed by atoms with Crippen molar-refractivity contribution in [3.05, 3.63) is 59.2 Å². The molecule has 2 N–H and O–H groups in total. The van der Waals surface area contributed by atoms with Crippen LogP contribution < -0.4 is 10.6 Å². The molecule has 0 saturated carbocycles. The fraction of sp³-hybridized carbons (Fsp3) is 0.417. The third kappa shape index (κ3) is 6.34. The highest BCUT2D eigenvalue weighted by Gasteiger charge is 2.18. The van der Waals surface area contributed by atoms with Crippen molar-refractivity contribution in [2.75, 3.05) is 10.6 Å². The Morgan fingerprint density at radius 2 is 1.41 bits per heavy atom. The van der Waals surface area contributed by atoms with Gasteiger partial charge >= 0.3 is 6.09 Å². The smallest absolute Gasteiger partial charge is 0.412 e. The van der Waals surface area contributed by atoms with E-state index in [1.54, 1.807) is 45.0 Å². The van der Waals surface area contributed by atoms with Gasteiger partial charge < -0.3 is 10.1 Å². The number of nitrogens with one attached hydrogen (secondary N) is 2. The summed E-state index contributed by atoms with van der Waals surface area (Å²) in [4.78, 5) is 25.0. The predicted octanol–water partition coefficient (Wildman–Crippen LogP) is 6.53. The zero-order valence-electron chi connectivity index (χ0n) is 18.4. The molecule has 156 valence electrons. The zero-order chi connectivity index (χ0) is 21.8. The SMILES string of the molecule is CC(C)c1cccc(C(C)C)c1NC(=O)c1cccc(NC(=O)OC(C)(C)C)c1. The molecule has 0 aliphatic rings. The zero-order valence-corrected chi connectivity index (χ0v) is 18.4. The van der Waals surface area contributed by atoms with Crippen molar-refractivity contribution in [2.24, 2.45) is 0 Å². The van der Waals surface area contributed by atoms with E-state index in [9.17, 15) is 9.59 Å². The molecule has 0 radical (unpaired) electrons. The number of hydrogen-bond acceptors (Lipinski definition) is 3. The summed E-state index contributed by atoms with van der Waals surface area (Å²) < 4.78 is 5.27. The maximum absolute atomic E-state index is 13.0. The lowest BCUT2D eigenvalue weighted by molar-refractivity contribution is 0.0635. The van der Waals surface area contributed by atoms with Gasteiger partial charge in [0.15, 0.2) is 0 Å². The van der Waals surface area contributed by atoms with E-state index >= 15 is 0 Å². The van der Waals surface area contributed by atoms with Gasteiger partial charge in [0.05, 0.1) is 0 Å². The number of hydrogen-bond donors (Lipinski definition) is 2. The van der Waals surface area contributed by atoms with Crippen LogP contribution in [0.15, 0.2) is 42.5 Å². The van der Waals surface area contributed by atoms with Gasteiger partial charge in [0.25, 0.3) is 5.91 Å². The van der Waals surface area contributed by atoms with E-state index in [1.165, 1.54) is 0 Å². The molecule has 0 heterocycles. The molecular formula is C24H32N2O3. The Labute approximate surface area is 173 Å². The molecule has 0 saturated heterocycles. The Morgan fingerprint density at radius 3 is 1.93 bits per heavy atom. The third-order valence-corrected chi connectivity index (χ3v) is 4.38. The number of carbonyl (C=O) groups excluding carboxylic acids is 2. The fourth-order valence-corrected chi connectivity index (χ4v) is 3.04. The van der Waals surface area contributed by atoms with Crippen molar-refractivity contribution in [3.8, 4) is 0 Å². The third-order valence-electron chi connectivity index (χ3n) is 4.38. The average molecular weight is 397 g/mol. The number of anilines is 2. The maximum Gasteiger partial charge on any atom is 0.412 e. The Hall–Kier alpha value is -2.82. The van der Waals surface area contributed by atoms with Crippen LogP contribution in [0, 0.1) is 0 Å². The van der Waals surface area contributed by atoms with Crippen molar-refractivity contribution in [3.63, 3.8) is 0 Å². The second-order valence-corrected chi connectivity index (χ2v) is 8.78. The Morgan fingerprint density at radius 1 is 0.862 bits per heavy atom. The second-order valence-electron chi connectivity index (χ2n) is 8.78. The summed E-state index contributed by atoms with van der Waals surface area (Å²) in [5.41, 5.74) is 3.46. The van der Waals surface area contributed by atoms with Crippen LogP contribution >= 0.6 is 0 Å². The molecular weight excluding hydrogens is 364 g/mol. The normalized spacial score (nSPS) is 11.5. The first-order valence-corrected chi connectivity index (χ1v) is 10.0. The van der Waals surface area contributed by atoms with Crippen molar-refractivity contribution in [1.82, 2.24) is 0 Å². The number of amides is 2. The summed E-state index contributed by atoms with van der Waals surface area (Å²) in [6, 6.07) is 13.0. The van der Waals surface area contributed by atoms with Gasteiger partial charge in [0, 0.05) is 16.9 Å². The molecule has 0 atom stereocenters. The Kier molecular flexibility index (Phi) is 7.07. The molecule has 29 heavy (non-hydrogen) atoms. The van der Waals surface area contributed by atoms with Crippen molar-refractivity contribution in [2.45, 2.75) is 65.9 Å². The van der Waals surface area contributed by atoms with Crippen LogP contribution in [-0.2, 0) is 4.74 Å². The van der Waals surface area contributed by atoms with Crippen LogP contribution in [0.2, 0.25) is 0 Å². The molecule has 5 nitrogen and oxygen atoms in total. The number of benzene rings is 2. The van der Waals surface area contributed by atoms with E-state index < -0.39 is 11.7 Å². The summed E-state index contributed by atoms with van der Waals surface area (Å²) in [5, 5.41) is 5.77. The molecule has 0 aromatic heterocycles. The lowest BCUT2D eigenvalue weighted by Gasteiger charge is -2.21. The van der Waals surface area contributed by atoms with Crippen LogP contribution in [0.4, 0.5) is 16.2 Å². The predicted molar refractivity (Wildman–Crippen MR) is 119 cm³/mol. The lowest BCUT2D eigenvalue weighted by Crippen LogP contribution is -2.27. The Bertz CT molecular complexity index is 854. The first kappa shape index (κ1) is 22.5. The van der Waals surface area contributed by atoms with Crippen LogP contribution in [0.25, 0.3) is 0 Å². The molecule has 2 aromatic rings. The molecule has 2 amide bonds. The first-order chi connectivity index (χ1) is 13.5. The Balaban J connectivity index is 2.26. The number of rotatable bonds is 5. The molecule has 2 aromatic carbocycles. The summed E-state index contributed by atoms with van der Waals surface area (Å²) >= 11 is 0. The van der Waals surface area contributed by atoms with Gasteiger partial charge in [-0.15, -0.1) is 0 Å². The van der Waals surface area contributed by atoms with Crippen LogP contribution in [0.3, 0.4) is 0 Å². The van der Waals surface area contributed by atoms with E-state index in [0.29, 0.717) is 11.3 Å². The van der Waals surface area contributed by atoms with Gasteiger partial charge in [0.2, 0.25) is 0 Å². The van der Waals surface area contributed by atoms with Crippen molar-refractivity contribution < 1.29 is 14.3 Å². The molecule has 0 bridgehead atoms. The lowest BCUT2D eigenvalue weighted by atomic mass is 9.92. The highest BCUT2D eigenvalue weighted by atomic mass is 16.6. The first-order valence-electron chi connectivity index (χ1n) is 10.0.